The van der Waals surface area contributed by atoms with Gasteiger partial charge in [0.05, 0.1) is 33.3 Å². The van der Waals surface area contributed by atoms with Crippen molar-refractivity contribution in [2.24, 2.45) is 0 Å². The van der Waals surface area contributed by atoms with E-state index in [0.717, 1.165) is 5.39 Å². The fraction of sp³-hybridized carbons (Fsp3) is 0.429. The lowest BCUT2D eigenvalue weighted by atomic mass is 10.2. The van der Waals surface area contributed by atoms with Crippen LogP contribution >= 0.6 is 0 Å². The molecule has 0 aliphatic carbocycles. The van der Waals surface area contributed by atoms with Gasteiger partial charge < -0.3 is 24.3 Å². The van der Waals surface area contributed by atoms with Gasteiger partial charge in [0.2, 0.25) is 5.75 Å². The quantitative estimate of drug-likeness (QED) is 0.779. The van der Waals surface area contributed by atoms with E-state index < -0.39 is 0 Å². The van der Waals surface area contributed by atoms with Crippen molar-refractivity contribution >= 4 is 16.7 Å². The molecule has 0 atom stereocenters. The SMILES string of the molecule is COCCNc1ncnc2c(OC)c(OC)c(OC)cc12. The summed E-state index contributed by atoms with van der Waals surface area (Å²) < 4.78 is 21.2. The van der Waals surface area contributed by atoms with Crippen LogP contribution in [0.25, 0.3) is 10.9 Å². The molecule has 2 rings (SSSR count). The third-order valence-electron chi connectivity index (χ3n) is 3.03. The van der Waals surface area contributed by atoms with Gasteiger partial charge in [-0.05, 0) is 6.07 Å². The first-order chi connectivity index (χ1) is 10.3. The molecule has 21 heavy (non-hydrogen) atoms. The van der Waals surface area contributed by atoms with E-state index in [1.807, 2.05) is 6.07 Å². The van der Waals surface area contributed by atoms with E-state index in [0.29, 0.717) is 41.7 Å². The maximum absolute atomic E-state index is 5.42. The monoisotopic (exact) mass is 293 g/mol. The molecule has 0 radical (unpaired) electrons. The van der Waals surface area contributed by atoms with E-state index >= 15 is 0 Å². The Morgan fingerprint density at radius 1 is 1.00 bits per heavy atom. The summed E-state index contributed by atoms with van der Waals surface area (Å²) in [7, 11) is 6.35. The predicted octanol–water partition coefficient (Wildman–Crippen LogP) is 1.71. The van der Waals surface area contributed by atoms with E-state index in [-0.39, 0.29) is 0 Å². The summed E-state index contributed by atoms with van der Waals surface area (Å²) in [5, 5.41) is 4.00. The molecule has 0 aliphatic rings. The lowest BCUT2D eigenvalue weighted by Gasteiger charge is -2.15. The zero-order valence-electron chi connectivity index (χ0n) is 12.6. The van der Waals surface area contributed by atoms with Crippen molar-refractivity contribution in [2.45, 2.75) is 0 Å². The fourth-order valence-electron chi connectivity index (χ4n) is 2.08. The van der Waals surface area contributed by atoms with Gasteiger partial charge in [0.25, 0.3) is 0 Å². The average Bonchev–Trinajstić information content (AvgIpc) is 2.53. The average molecular weight is 293 g/mol. The molecule has 0 unspecified atom stereocenters. The summed E-state index contributed by atoms with van der Waals surface area (Å²) in [5.41, 5.74) is 0.657. The molecule has 2 aromatic rings. The molecule has 0 saturated carbocycles. The van der Waals surface area contributed by atoms with Gasteiger partial charge in [-0.15, -0.1) is 0 Å². The minimum atomic E-state index is 0.508. The Kier molecular flexibility index (Phi) is 4.99. The molecule has 0 fully saturated rings. The maximum Gasteiger partial charge on any atom is 0.205 e. The van der Waals surface area contributed by atoms with Crippen LogP contribution in [-0.2, 0) is 4.74 Å². The van der Waals surface area contributed by atoms with Crippen LogP contribution in [0.4, 0.5) is 5.82 Å². The molecule has 0 saturated heterocycles. The Morgan fingerprint density at radius 2 is 1.76 bits per heavy atom. The Labute approximate surface area is 123 Å². The van der Waals surface area contributed by atoms with Crippen molar-refractivity contribution in [1.29, 1.82) is 0 Å². The standard InChI is InChI=1S/C14H19N3O4/c1-18-6-5-15-14-9-7-10(19-2)12(20-3)13(21-4)11(9)16-8-17-14/h7-8H,5-6H2,1-4H3,(H,15,16,17). The molecular formula is C14H19N3O4. The summed E-state index contributed by atoms with van der Waals surface area (Å²) >= 11 is 0. The Hall–Kier alpha value is -2.28. The molecule has 0 aliphatic heterocycles. The highest BCUT2D eigenvalue weighted by atomic mass is 16.5. The number of nitrogens with one attached hydrogen (secondary N) is 1. The normalized spacial score (nSPS) is 10.5. The summed E-state index contributed by atoms with van der Waals surface area (Å²) in [6.45, 7) is 1.22. The number of fused-ring (bicyclic) bond motifs is 1. The second-order valence-corrected chi connectivity index (χ2v) is 4.18. The number of hydrogen-bond acceptors (Lipinski definition) is 7. The van der Waals surface area contributed by atoms with Gasteiger partial charge in [-0.25, -0.2) is 9.97 Å². The molecule has 1 heterocycles. The first kappa shape index (κ1) is 15.1. The number of benzene rings is 1. The summed E-state index contributed by atoms with van der Waals surface area (Å²) in [4.78, 5) is 8.54. The van der Waals surface area contributed by atoms with Gasteiger partial charge >= 0.3 is 0 Å². The van der Waals surface area contributed by atoms with E-state index in [4.69, 9.17) is 18.9 Å². The van der Waals surface area contributed by atoms with Gasteiger partial charge in [0, 0.05) is 13.7 Å². The third-order valence-corrected chi connectivity index (χ3v) is 3.03. The zero-order chi connectivity index (χ0) is 15.2. The largest absolute Gasteiger partial charge is 0.493 e. The number of methoxy groups -OCH3 is 4. The number of ether oxygens (including phenoxy) is 4. The van der Waals surface area contributed by atoms with Gasteiger partial charge in [0.15, 0.2) is 11.5 Å². The lowest BCUT2D eigenvalue weighted by Crippen LogP contribution is -2.09. The molecule has 0 amide bonds. The zero-order valence-corrected chi connectivity index (χ0v) is 12.6. The summed E-state index contributed by atoms with van der Waals surface area (Å²) in [6.07, 6.45) is 1.48. The summed E-state index contributed by atoms with van der Waals surface area (Å²) in [5.74, 6) is 2.28. The Balaban J connectivity index is 2.58. The van der Waals surface area contributed by atoms with Crippen LogP contribution in [0.5, 0.6) is 17.2 Å². The number of hydrogen-bond donors (Lipinski definition) is 1. The molecule has 7 nitrogen and oxygen atoms in total. The highest BCUT2D eigenvalue weighted by Crippen LogP contribution is 2.43. The van der Waals surface area contributed by atoms with Crippen molar-refractivity contribution in [3.8, 4) is 17.2 Å². The fourth-order valence-corrected chi connectivity index (χ4v) is 2.08. The maximum atomic E-state index is 5.42. The molecular weight excluding hydrogens is 274 g/mol. The molecule has 1 aromatic heterocycles. The third kappa shape index (κ3) is 2.92. The van der Waals surface area contributed by atoms with E-state index in [1.165, 1.54) is 6.33 Å². The van der Waals surface area contributed by atoms with E-state index in [1.54, 1.807) is 28.4 Å². The van der Waals surface area contributed by atoms with Crippen LogP contribution in [0.1, 0.15) is 0 Å². The predicted molar refractivity (Wildman–Crippen MR) is 79.6 cm³/mol. The number of nitrogens with zero attached hydrogens (tertiary/aromatic N) is 2. The van der Waals surface area contributed by atoms with Crippen LogP contribution in [0.2, 0.25) is 0 Å². The Morgan fingerprint density at radius 3 is 2.38 bits per heavy atom. The molecule has 7 heteroatoms. The van der Waals surface area contributed by atoms with Crippen molar-refractivity contribution < 1.29 is 18.9 Å². The first-order valence-corrected chi connectivity index (χ1v) is 6.43. The van der Waals surface area contributed by atoms with Crippen molar-refractivity contribution in [3.63, 3.8) is 0 Å². The number of aromatic nitrogens is 2. The van der Waals surface area contributed by atoms with Crippen LogP contribution in [-0.4, -0.2) is 51.6 Å². The van der Waals surface area contributed by atoms with Crippen LogP contribution < -0.4 is 19.5 Å². The molecule has 114 valence electrons. The molecule has 1 aromatic carbocycles. The molecule has 0 spiro atoms. The summed E-state index contributed by atoms with van der Waals surface area (Å²) in [6, 6.07) is 1.83. The van der Waals surface area contributed by atoms with E-state index in [9.17, 15) is 0 Å². The van der Waals surface area contributed by atoms with Crippen LogP contribution in [0.3, 0.4) is 0 Å². The minimum Gasteiger partial charge on any atom is -0.493 e. The van der Waals surface area contributed by atoms with Crippen molar-refractivity contribution in [2.75, 3.05) is 46.9 Å². The number of anilines is 1. The second-order valence-electron chi connectivity index (χ2n) is 4.18. The van der Waals surface area contributed by atoms with Crippen LogP contribution in [0, 0.1) is 0 Å². The van der Waals surface area contributed by atoms with E-state index in [2.05, 4.69) is 15.3 Å². The molecule has 0 bridgehead atoms. The van der Waals surface area contributed by atoms with Crippen LogP contribution in [0.15, 0.2) is 12.4 Å². The minimum absolute atomic E-state index is 0.508. The van der Waals surface area contributed by atoms with Gasteiger partial charge in [0.1, 0.15) is 17.7 Å². The van der Waals surface area contributed by atoms with Gasteiger partial charge in [-0.1, -0.05) is 0 Å². The Bertz CT molecular complexity index is 619. The van der Waals surface area contributed by atoms with Crippen molar-refractivity contribution in [3.05, 3.63) is 12.4 Å². The molecule has 1 N–H and O–H groups in total. The van der Waals surface area contributed by atoms with Crippen molar-refractivity contribution in [1.82, 2.24) is 9.97 Å². The highest BCUT2D eigenvalue weighted by Gasteiger charge is 2.19. The topological polar surface area (TPSA) is 74.7 Å². The van der Waals surface area contributed by atoms with Gasteiger partial charge in [-0.2, -0.15) is 0 Å². The van der Waals surface area contributed by atoms with Gasteiger partial charge in [-0.3, -0.25) is 0 Å². The number of rotatable bonds is 7. The second kappa shape index (κ2) is 6.94. The first-order valence-electron chi connectivity index (χ1n) is 6.43. The lowest BCUT2D eigenvalue weighted by molar-refractivity contribution is 0.210. The highest BCUT2D eigenvalue weighted by molar-refractivity contribution is 5.96. The smallest absolute Gasteiger partial charge is 0.205 e.